The SMILES string of the molecule is c1ccc(-n2c3ccc(-n4c5ccccc5c5ccccc54)cc3c3cc(-n4c5ccccc5c5c6ccccc6oc54)ccc32)cc1.c1ccc(-n2c3ccccc3c3c4cc(-c5ccc6oc7ccc(-n8c9ccccc9c9ccccc98)cc7c6c5)ccc4oc32)cc1.c1ccc(-n2c3ccccc3c3ccc(-c4ccc(-c5ccc6oc7c(c6c5)c5ccccc5n7-c5ccccc5)cc4)cc32)cc1. The summed E-state index contributed by atoms with van der Waals surface area (Å²) in [4.78, 5) is 0. The predicted octanol–water partition coefficient (Wildman–Crippen LogP) is 35.9. The lowest BCUT2D eigenvalue weighted by molar-refractivity contribution is 0.645. The van der Waals surface area contributed by atoms with Gasteiger partial charge in [-0.15, -0.1) is 0 Å². The molecule has 32 aromatic rings. The number of fused-ring (bicyclic) bond motifs is 30. The van der Waals surface area contributed by atoms with Gasteiger partial charge in [0.25, 0.3) is 0 Å². The fourth-order valence-electron chi connectivity index (χ4n) is 23.2. The van der Waals surface area contributed by atoms with Gasteiger partial charge in [-0.1, -0.05) is 291 Å². The first kappa shape index (κ1) is 79.8. The van der Waals surface area contributed by atoms with Crippen molar-refractivity contribution >= 4 is 208 Å². The quantitative estimate of drug-likeness (QED) is 0.136. The molecule has 11 nitrogen and oxygen atoms in total. The number of benzene rings is 21. The molecule has 0 atom stereocenters. The maximum absolute atomic E-state index is 6.60. The van der Waals surface area contributed by atoms with Crippen molar-refractivity contribution < 1.29 is 17.7 Å². The zero-order valence-electron chi connectivity index (χ0n) is 77.0. The van der Waals surface area contributed by atoms with Crippen LogP contribution < -0.4 is 0 Å². The molecule has 0 aliphatic heterocycles. The third-order valence-electron chi connectivity index (χ3n) is 29.5. The van der Waals surface area contributed by atoms with Crippen LogP contribution in [0.5, 0.6) is 0 Å². The van der Waals surface area contributed by atoms with E-state index in [-0.39, 0.29) is 0 Å². The van der Waals surface area contributed by atoms with Crippen LogP contribution >= 0.6 is 0 Å². The lowest BCUT2D eigenvalue weighted by Gasteiger charge is -2.10. The van der Waals surface area contributed by atoms with E-state index in [9.17, 15) is 0 Å². The first-order valence-corrected chi connectivity index (χ1v) is 48.7. The summed E-state index contributed by atoms with van der Waals surface area (Å²) >= 11 is 0. The second-order valence-corrected chi connectivity index (χ2v) is 37.3. The number of para-hydroxylation sites is 13. The number of hydrogen-bond donors (Lipinski definition) is 0. The molecule has 0 spiro atoms. The lowest BCUT2D eigenvalue weighted by Crippen LogP contribution is -1.96. The van der Waals surface area contributed by atoms with Gasteiger partial charge in [0, 0.05) is 126 Å². The van der Waals surface area contributed by atoms with E-state index in [4.69, 9.17) is 17.7 Å². The second-order valence-electron chi connectivity index (χ2n) is 37.3. The Hall–Kier alpha value is -19.4. The molecule has 0 fully saturated rings. The van der Waals surface area contributed by atoms with E-state index in [0.29, 0.717) is 0 Å². The van der Waals surface area contributed by atoms with E-state index in [1.54, 1.807) is 0 Å². The second kappa shape index (κ2) is 31.6. The highest BCUT2D eigenvalue weighted by molar-refractivity contribution is 6.25. The Morgan fingerprint density at radius 2 is 0.343 bits per heavy atom. The van der Waals surface area contributed by atoms with Crippen molar-refractivity contribution in [2.24, 2.45) is 0 Å². The van der Waals surface area contributed by atoms with Crippen molar-refractivity contribution in [1.29, 1.82) is 0 Å². The van der Waals surface area contributed by atoms with Crippen LogP contribution in [-0.2, 0) is 0 Å². The molecule has 0 amide bonds. The van der Waals surface area contributed by atoms with Crippen molar-refractivity contribution in [2.75, 3.05) is 0 Å². The number of rotatable bonds is 10. The van der Waals surface area contributed by atoms with Crippen molar-refractivity contribution in [3.05, 3.63) is 491 Å². The molecule has 0 unspecified atom stereocenters. The van der Waals surface area contributed by atoms with Gasteiger partial charge in [-0.05, 0) is 234 Å². The summed E-state index contributed by atoms with van der Waals surface area (Å²) in [6.45, 7) is 0. The van der Waals surface area contributed by atoms with Gasteiger partial charge in [-0.3, -0.25) is 13.7 Å². The van der Waals surface area contributed by atoms with Crippen molar-refractivity contribution in [2.45, 2.75) is 0 Å². The molecule has 0 radical (unpaired) electrons. The summed E-state index contributed by atoms with van der Waals surface area (Å²) in [7, 11) is 0. The minimum absolute atomic E-state index is 0.864. The van der Waals surface area contributed by atoms with E-state index in [2.05, 4.69) is 505 Å². The van der Waals surface area contributed by atoms with Crippen LogP contribution in [0, 0.1) is 0 Å². The Morgan fingerprint density at radius 3 is 0.748 bits per heavy atom. The Morgan fingerprint density at radius 1 is 0.112 bits per heavy atom. The average Bonchev–Trinajstić information content (AvgIpc) is 1.56. The summed E-state index contributed by atoms with van der Waals surface area (Å²) in [5.41, 5.74) is 34.9. The van der Waals surface area contributed by atoms with Crippen LogP contribution in [0.3, 0.4) is 0 Å². The maximum atomic E-state index is 6.60. The fraction of sp³-hybridized carbons (Fsp3) is 0. The van der Waals surface area contributed by atoms with E-state index in [1.165, 1.54) is 126 Å². The molecule has 143 heavy (non-hydrogen) atoms. The number of nitrogens with zero attached hydrogens (tertiary/aromatic N) is 7. The summed E-state index contributed by atoms with van der Waals surface area (Å²) in [5.74, 6) is 0. The molecule has 11 heterocycles. The monoisotopic (exact) mass is 1830 g/mol. The Kier molecular flexibility index (Phi) is 17.6. The molecule has 32 rings (SSSR count). The Balaban J connectivity index is 0.000000100. The van der Waals surface area contributed by atoms with Crippen LogP contribution in [0.25, 0.3) is 281 Å². The van der Waals surface area contributed by atoms with Crippen LogP contribution in [0.1, 0.15) is 0 Å². The average molecular weight is 1830 g/mol. The van der Waals surface area contributed by atoms with Gasteiger partial charge >= 0.3 is 0 Å². The summed E-state index contributed by atoms with van der Waals surface area (Å²) in [6, 6.07) is 175. The van der Waals surface area contributed by atoms with Crippen LogP contribution in [0.15, 0.2) is 509 Å². The normalized spacial score (nSPS) is 12.1. The first-order chi connectivity index (χ1) is 70.9. The standard InChI is InChI=1S/C44H27N3O.C44H26N2O2.C44H28N2O/c1-2-12-28(13-3-1)45-40-24-22-29(46-37-18-8-4-14-31(37)32-15-5-9-19-38(32)46)26-35(40)36-27-30(23-25-41(36)45)47-39-20-10-6-16-33(39)43-34-17-7-11-21-42(34)48-44(43)47;1-2-10-29(11-3-1)46-39-17-9-6-14-33(39)43-36-25-28(19-22-42(36)48-44(43)46)27-18-21-40-34(24-27)35-26-30(20-23-41(35)47-40)45-37-15-7-4-12-31(37)32-13-5-8-16-38(32)45;1-3-11-33(12-4-1)45-39-17-9-7-15-35(39)36-25-23-32(28-41(36)45)30-21-19-29(20-22-30)31-24-26-42-38(27-31)43-37-16-8-10-18-40(37)46(44(43)47-42)34-13-5-2-6-14-34/h1-27H;1-26H;1-28H. The van der Waals surface area contributed by atoms with E-state index in [1.807, 2.05) is 18.2 Å². The number of hydrogen-bond acceptors (Lipinski definition) is 4. The molecule has 668 valence electrons. The largest absolute Gasteiger partial charge is 0.456 e. The lowest BCUT2D eigenvalue weighted by atomic mass is 9.98. The highest BCUT2D eigenvalue weighted by Gasteiger charge is 2.27. The summed E-state index contributed by atoms with van der Waals surface area (Å²) < 4.78 is 42.4. The van der Waals surface area contributed by atoms with Gasteiger partial charge in [-0.2, -0.15) is 0 Å². The number of furan rings is 4. The molecule has 11 heteroatoms. The molecule has 11 aromatic heterocycles. The number of aromatic nitrogens is 7. The van der Waals surface area contributed by atoms with Crippen molar-refractivity contribution in [1.82, 2.24) is 32.0 Å². The van der Waals surface area contributed by atoms with Crippen molar-refractivity contribution in [3.63, 3.8) is 0 Å². The molecular weight excluding hydrogens is 1750 g/mol. The van der Waals surface area contributed by atoms with Crippen LogP contribution in [0.2, 0.25) is 0 Å². The zero-order valence-corrected chi connectivity index (χ0v) is 77.0. The summed E-state index contributed by atoms with van der Waals surface area (Å²) in [6.07, 6.45) is 0. The molecule has 0 aliphatic rings. The molecular formula is C132H81N7O4. The van der Waals surface area contributed by atoms with Crippen LogP contribution in [0.4, 0.5) is 0 Å². The molecule has 0 bridgehead atoms. The predicted molar refractivity (Wildman–Crippen MR) is 593 cm³/mol. The third-order valence-corrected chi connectivity index (χ3v) is 29.5. The maximum Gasteiger partial charge on any atom is 0.213 e. The molecule has 0 aliphatic carbocycles. The smallest absolute Gasteiger partial charge is 0.213 e. The highest BCUT2D eigenvalue weighted by atomic mass is 16.4. The summed E-state index contributed by atoms with van der Waals surface area (Å²) in [5, 5.41) is 22.5. The minimum Gasteiger partial charge on any atom is -0.456 e. The van der Waals surface area contributed by atoms with Gasteiger partial charge < -0.3 is 35.9 Å². The Labute approximate surface area is 816 Å². The van der Waals surface area contributed by atoms with E-state index < -0.39 is 0 Å². The molecule has 21 aromatic carbocycles. The van der Waals surface area contributed by atoms with E-state index >= 15 is 0 Å². The molecule has 0 N–H and O–H groups in total. The van der Waals surface area contributed by atoms with E-state index in [0.717, 1.165) is 155 Å². The molecule has 0 saturated heterocycles. The molecule has 0 saturated carbocycles. The highest BCUT2D eigenvalue weighted by Crippen LogP contribution is 2.49. The third kappa shape index (κ3) is 12.3. The van der Waals surface area contributed by atoms with Gasteiger partial charge in [0.05, 0.1) is 76.8 Å². The van der Waals surface area contributed by atoms with Gasteiger partial charge in [0.1, 0.15) is 27.9 Å². The Bertz CT molecular complexity index is 10700. The fourth-order valence-corrected chi connectivity index (χ4v) is 23.2. The topological polar surface area (TPSA) is 87.1 Å². The first-order valence-electron chi connectivity index (χ1n) is 48.7. The van der Waals surface area contributed by atoms with Gasteiger partial charge in [-0.25, -0.2) is 0 Å². The van der Waals surface area contributed by atoms with Gasteiger partial charge in [0.2, 0.25) is 17.1 Å². The van der Waals surface area contributed by atoms with Crippen LogP contribution in [-0.4, -0.2) is 32.0 Å². The van der Waals surface area contributed by atoms with Crippen molar-refractivity contribution in [3.8, 4) is 73.2 Å². The zero-order chi connectivity index (χ0) is 93.6. The minimum atomic E-state index is 0.864. The van der Waals surface area contributed by atoms with Gasteiger partial charge in [0.15, 0.2) is 0 Å².